The van der Waals surface area contributed by atoms with Gasteiger partial charge < -0.3 is 9.84 Å². The van der Waals surface area contributed by atoms with Crippen molar-refractivity contribution in [3.05, 3.63) is 0 Å². The fraction of sp³-hybridized carbons (Fsp3) is 0.500. The second kappa shape index (κ2) is 4.87. The summed E-state index contributed by atoms with van der Waals surface area (Å²) < 4.78 is 3.67. The first kappa shape index (κ1) is 9.29. The van der Waals surface area contributed by atoms with Gasteiger partial charge in [0.25, 0.3) is 0 Å². The van der Waals surface area contributed by atoms with E-state index in [1.807, 2.05) is 0 Å². The quantitative estimate of drug-likeness (QED) is 0.322. The molecular formula is C2H5LiO3. The normalized spacial score (nSPS) is 5.50. The molecule has 0 fully saturated rings. The summed E-state index contributed by atoms with van der Waals surface area (Å²) in [6.07, 6.45) is -1.25. The van der Waals surface area contributed by atoms with Crippen molar-refractivity contribution in [2.75, 3.05) is 7.11 Å². The van der Waals surface area contributed by atoms with Gasteiger partial charge in [-0.2, -0.15) is 0 Å². The van der Waals surface area contributed by atoms with Gasteiger partial charge >= 0.3 is 25.0 Å². The molecular weight excluding hydrogens is 79.0 g/mol. The van der Waals surface area contributed by atoms with Gasteiger partial charge in [0.1, 0.15) is 0 Å². The molecule has 0 bridgehead atoms. The van der Waals surface area contributed by atoms with Crippen LogP contribution in [0.2, 0.25) is 0 Å². The van der Waals surface area contributed by atoms with E-state index in [2.05, 4.69) is 4.74 Å². The fourth-order valence-electron chi connectivity index (χ4n) is 0. The van der Waals surface area contributed by atoms with Crippen molar-refractivity contribution in [2.45, 2.75) is 0 Å². The number of carbonyl (C=O) groups is 1. The van der Waals surface area contributed by atoms with Gasteiger partial charge in [-0.15, -0.1) is 0 Å². The maximum absolute atomic E-state index is 9.15. The van der Waals surface area contributed by atoms with Crippen LogP contribution in [0.3, 0.4) is 0 Å². The second-order valence-electron chi connectivity index (χ2n) is 0.470. The number of methoxy groups -OCH3 is 1. The summed E-state index contributed by atoms with van der Waals surface area (Å²) in [5, 5.41) is 7.50. The third-order valence-corrected chi connectivity index (χ3v) is 0.175. The van der Waals surface area contributed by atoms with Gasteiger partial charge in [0, 0.05) is 0 Å². The van der Waals surface area contributed by atoms with Crippen LogP contribution in [0.25, 0.3) is 0 Å². The molecule has 1 N–H and O–H groups in total. The van der Waals surface area contributed by atoms with Crippen molar-refractivity contribution in [1.29, 1.82) is 0 Å². The summed E-state index contributed by atoms with van der Waals surface area (Å²) in [7, 11) is 1.10. The average Bonchev–Trinajstić information content (AvgIpc) is 1.38. The first-order chi connectivity index (χ1) is 2.27. The van der Waals surface area contributed by atoms with E-state index in [1.165, 1.54) is 0 Å². The molecule has 0 aliphatic heterocycles. The summed E-state index contributed by atoms with van der Waals surface area (Å²) >= 11 is 0. The zero-order chi connectivity index (χ0) is 4.28. The van der Waals surface area contributed by atoms with Crippen LogP contribution in [0, 0.1) is 0 Å². The van der Waals surface area contributed by atoms with E-state index in [1.54, 1.807) is 0 Å². The van der Waals surface area contributed by atoms with Crippen LogP contribution in [-0.4, -0.2) is 37.2 Å². The molecule has 0 saturated heterocycles. The zero-order valence-electron chi connectivity index (χ0n) is 2.76. The molecule has 32 valence electrons. The molecule has 0 aliphatic rings. The van der Waals surface area contributed by atoms with Gasteiger partial charge in [0.2, 0.25) is 0 Å². The molecule has 0 aromatic heterocycles. The molecule has 0 saturated carbocycles. The fourth-order valence-corrected chi connectivity index (χ4v) is 0. The first-order valence-electron chi connectivity index (χ1n) is 1.04. The molecule has 3 nitrogen and oxygen atoms in total. The molecule has 0 aromatic rings. The van der Waals surface area contributed by atoms with Crippen LogP contribution in [0.15, 0.2) is 0 Å². The molecule has 0 amide bonds. The number of rotatable bonds is 0. The minimum absolute atomic E-state index is 0. The van der Waals surface area contributed by atoms with Crippen LogP contribution in [0.1, 0.15) is 0 Å². The molecule has 0 unspecified atom stereocenters. The molecule has 0 atom stereocenters. The van der Waals surface area contributed by atoms with Gasteiger partial charge in [0.15, 0.2) is 0 Å². The molecule has 0 spiro atoms. The van der Waals surface area contributed by atoms with Crippen molar-refractivity contribution in [3.63, 3.8) is 0 Å². The summed E-state index contributed by atoms with van der Waals surface area (Å²) in [6, 6.07) is 0. The Kier molecular flexibility index (Phi) is 7.54. The number of hydrogen-bond donors (Lipinski definition) is 1. The van der Waals surface area contributed by atoms with E-state index in [9.17, 15) is 0 Å². The van der Waals surface area contributed by atoms with Gasteiger partial charge in [-0.3, -0.25) is 0 Å². The van der Waals surface area contributed by atoms with Crippen LogP contribution < -0.4 is 0 Å². The number of carboxylic acid groups (broad SMARTS) is 1. The van der Waals surface area contributed by atoms with Crippen LogP contribution in [0.4, 0.5) is 4.79 Å². The van der Waals surface area contributed by atoms with Crippen molar-refractivity contribution >= 4 is 25.0 Å². The molecule has 0 aromatic carbocycles. The van der Waals surface area contributed by atoms with Crippen molar-refractivity contribution in [3.8, 4) is 0 Å². The Hall–Kier alpha value is -0.133. The van der Waals surface area contributed by atoms with Gasteiger partial charge in [0.05, 0.1) is 7.11 Å². The van der Waals surface area contributed by atoms with Crippen molar-refractivity contribution in [2.24, 2.45) is 0 Å². The van der Waals surface area contributed by atoms with Crippen LogP contribution in [-0.2, 0) is 4.74 Å². The number of hydrogen-bond acceptors (Lipinski definition) is 2. The predicted octanol–water partition coefficient (Wildman–Crippen LogP) is -0.338. The third kappa shape index (κ3) is 9.12. The second-order valence-corrected chi connectivity index (χ2v) is 0.470. The SMILES string of the molecule is COC(=O)O.[LiH]. The molecule has 6 heavy (non-hydrogen) atoms. The van der Waals surface area contributed by atoms with Gasteiger partial charge in [-0.1, -0.05) is 0 Å². The summed E-state index contributed by atoms with van der Waals surface area (Å²) in [5.74, 6) is 0. The van der Waals surface area contributed by atoms with E-state index in [0.717, 1.165) is 7.11 Å². The average molecular weight is 84.0 g/mol. The molecule has 4 heteroatoms. The van der Waals surface area contributed by atoms with Crippen LogP contribution in [0.5, 0.6) is 0 Å². The maximum atomic E-state index is 9.15. The molecule has 0 rings (SSSR count). The topological polar surface area (TPSA) is 46.5 Å². The van der Waals surface area contributed by atoms with E-state index in [0.29, 0.717) is 0 Å². The van der Waals surface area contributed by atoms with E-state index in [-0.39, 0.29) is 18.9 Å². The Labute approximate surface area is 47.5 Å². The van der Waals surface area contributed by atoms with Crippen molar-refractivity contribution < 1.29 is 14.6 Å². The Balaban J connectivity index is 0. The van der Waals surface area contributed by atoms with Gasteiger partial charge in [-0.25, -0.2) is 4.79 Å². The predicted molar refractivity (Wildman–Crippen MR) is 22.2 cm³/mol. The molecule has 0 aliphatic carbocycles. The van der Waals surface area contributed by atoms with E-state index >= 15 is 0 Å². The summed E-state index contributed by atoms with van der Waals surface area (Å²) in [5.41, 5.74) is 0. The van der Waals surface area contributed by atoms with Crippen LogP contribution >= 0.6 is 0 Å². The van der Waals surface area contributed by atoms with Crippen molar-refractivity contribution in [1.82, 2.24) is 0 Å². The summed E-state index contributed by atoms with van der Waals surface area (Å²) in [6.45, 7) is 0. The monoisotopic (exact) mass is 84.0 g/mol. The minimum atomic E-state index is -1.25. The Morgan fingerprint density at radius 2 is 2.00 bits per heavy atom. The van der Waals surface area contributed by atoms with E-state index < -0.39 is 6.16 Å². The van der Waals surface area contributed by atoms with E-state index in [4.69, 9.17) is 9.90 Å². The Bertz CT molecular complexity index is 44.1. The standard InChI is InChI=1S/C2H4O3.Li.H/c1-5-2(3)4;;/h1H3,(H,3,4);;. The Morgan fingerprint density at radius 1 is 1.83 bits per heavy atom. The molecule has 0 heterocycles. The first-order valence-corrected chi connectivity index (χ1v) is 1.04. The Morgan fingerprint density at radius 3 is 2.00 bits per heavy atom. The molecule has 0 radical (unpaired) electrons. The zero-order valence-corrected chi connectivity index (χ0v) is 2.76. The third-order valence-electron chi connectivity index (χ3n) is 0.175. The summed E-state index contributed by atoms with van der Waals surface area (Å²) in [4.78, 5) is 9.15. The number of ether oxygens (including phenoxy) is 1. The van der Waals surface area contributed by atoms with Gasteiger partial charge in [-0.05, 0) is 0 Å².